The quantitative estimate of drug-likeness (QED) is 0.721. The van der Waals surface area contributed by atoms with Gasteiger partial charge in [0.2, 0.25) is 5.91 Å². The molecular formula is C23H29NO3. The van der Waals surface area contributed by atoms with Gasteiger partial charge in [0, 0.05) is 12.3 Å². The summed E-state index contributed by atoms with van der Waals surface area (Å²) in [5, 5.41) is 2.89. The molecule has 0 spiro atoms. The predicted molar refractivity (Wildman–Crippen MR) is 107 cm³/mol. The number of hydrogen-bond acceptors (Lipinski definition) is 3. The maximum atomic E-state index is 12.7. The summed E-state index contributed by atoms with van der Waals surface area (Å²) in [4.78, 5) is 25.2. The molecule has 144 valence electrons. The summed E-state index contributed by atoms with van der Waals surface area (Å²) in [6, 6.07) is 17.1. The summed E-state index contributed by atoms with van der Waals surface area (Å²) < 4.78 is 5.35. The van der Waals surface area contributed by atoms with Gasteiger partial charge in [-0.25, -0.2) is 4.79 Å². The number of amides is 1. The second-order valence-electron chi connectivity index (χ2n) is 7.33. The van der Waals surface area contributed by atoms with Crippen LogP contribution in [0.3, 0.4) is 0 Å². The fourth-order valence-electron chi connectivity index (χ4n) is 2.84. The fraction of sp³-hybridized carbons (Fsp3) is 0.391. The van der Waals surface area contributed by atoms with Gasteiger partial charge in [-0.15, -0.1) is 0 Å². The van der Waals surface area contributed by atoms with E-state index in [1.54, 1.807) is 13.8 Å². The highest BCUT2D eigenvalue weighted by atomic mass is 16.5. The molecular weight excluding hydrogens is 338 g/mol. The monoisotopic (exact) mass is 367 g/mol. The van der Waals surface area contributed by atoms with E-state index in [2.05, 4.69) is 5.32 Å². The van der Waals surface area contributed by atoms with E-state index in [1.807, 2.05) is 68.4 Å². The number of aryl methyl sites for hydroxylation is 1. The molecule has 2 rings (SSSR count). The zero-order valence-corrected chi connectivity index (χ0v) is 16.6. The standard InChI is InChI=1S/C23H29NO3/c1-16(2)27-23(26)21(15-20-12-10-17(3)11-13-20)24-22(25)18(4)14-19-8-6-5-7-9-19/h5-13,16,18,21H,14-15H2,1-4H3,(H,24,25). The van der Waals surface area contributed by atoms with Crippen LogP contribution >= 0.6 is 0 Å². The Balaban J connectivity index is 2.06. The first-order chi connectivity index (χ1) is 12.8. The average molecular weight is 367 g/mol. The van der Waals surface area contributed by atoms with E-state index < -0.39 is 12.0 Å². The van der Waals surface area contributed by atoms with Gasteiger partial charge < -0.3 is 10.1 Å². The minimum Gasteiger partial charge on any atom is -0.461 e. The van der Waals surface area contributed by atoms with Crippen LogP contribution in [0.2, 0.25) is 0 Å². The maximum absolute atomic E-state index is 12.7. The first-order valence-corrected chi connectivity index (χ1v) is 9.45. The van der Waals surface area contributed by atoms with Crippen molar-refractivity contribution < 1.29 is 14.3 Å². The van der Waals surface area contributed by atoms with E-state index in [0.717, 1.165) is 16.7 Å². The van der Waals surface area contributed by atoms with Gasteiger partial charge in [-0.3, -0.25) is 4.79 Å². The molecule has 0 radical (unpaired) electrons. The van der Waals surface area contributed by atoms with Gasteiger partial charge in [0.25, 0.3) is 0 Å². The topological polar surface area (TPSA) is 55.4 Å². The minimum atomic E-state index is -0.694. The van der Waals surface area contributed by atoms with Crippen LogP contribution in [0, 0.1) is 12.8 Å². The Morgan fingerprint density at radius 3 is 2.07 bits per heavy atom. The normalized spacial score (nSPS) is 13.1. The number of carbonyl (C=O) groups excluding carboxylic acids is 2. The van der Waals surface area contributed by atoms with Gasteiger partial charge in [-0.2, -0.15) is 0 Å². The molecule has 0 saturated heterocycles. The van der Waals surface area contributed by atoms with Crippen LogP contribution in [0.4, 0.5) is 0 Å². The van der Waals surface area contributed by atoms with Gasteiger partial charge in [0.1, 0.15) is 6.04 Å². The lowest BCUT2D eigenvalue weighted by Crippen LogP contribution is -2.46. The molecule has 0 aliphatic rings. The van der Waals surface area contributed by atoms with Crippen molar-refractivity contribution in [3.05, 3.63) is 71.3 Å². The Hall–Kier alpha value is -2.62. The molecule has 4 heteroatoms. The van der Waals surface area contributed by atoms with Gasteiger partial charge >= 0.3 is 5.97 Å². The molecule has 0 aliphatic carbocycles. The van der Waals surface area contributed by atoms with Crippen LogP contribution in [0.5, 0.6) is 0 Å². The van der Waals surface area contributed by atoms with Crippen molar-refractivity contribution in [2.45, 2.75) is 52.7 Å². The van der Waals surface area contributed by atoms with Crippen molar-refractivity contribution in [2.24, 2.45) is 5.92 Å². The highest BCUT2D eigenvalue weighted by Crippen LogP contribution is 2.12. The molecule has 2 aromatic carbocycles. The van der Waals surface area contributed by atoms with Crippen LogP contribution in [0.1, 0.15) is 37.5 Å². The minimum absolute atomic E-state index is 0.142. The van der Waals surface area contributed by atoms with Gasteiger partial charge in [-0.1, -0.05) is 67.1 Å². The summed E-state index contributed by atoms with van der Waals surface area (Å²) in [5.41, 5.74) is 3.24. The number of ether oxygens (including phenoxy) is 1. The molecule has 1 amide bonds. The third-order valence-electron chi connectivity index (χ3n) is 4.35. The Morgan fingerprint density at radius 1 is 0.889 bits per heavy atom. The van der Waals surface area contributed by atoms with Gasteiger partial charge in [0.05, 0.1) is 6.10 Å². The number of benzene rings is 2. The second kappa shape index (κ2) is 9.91. The predicted octanol–water partition coefficient (Wildman–Crippen LogP) is 3.85. The number of hydrogen-bond donors (Lipinski definition) is 1. The first-order valence-electron chi connectivity index (χ1n) is 9.45. The van der Waals surface area contributed by atoms with Crippen molar-refractivity contribution in [3.63, 3.8) is 0 Å². The van der Waals surface area contributed by atoms with Gasteiger partial charge in [0.15, 0.2) is 0 Å². The van der Waals surface area contributed by atoms with E-state index in [4.69, 9.17) is 4.74 Å². The molecule has 2 atom stereocenters. The average Bonchev–Trinajstić information content (AvgIpc) is 2.63. The summed E-state index contributed by atoms with van der Waals surface area (Å²) >= 11 is 0. The van der Waals surface area contributed by atoms with Crippen molar-refractivity contribution in [1.82, 2.24) is 5.32 Å². The highest BCUT2D eigenvalue weighted by molar-refractivity contribution is 5.86. The van der Waals surface area contributed by atoms with Crippen molar-refractivity contribution in [2.75, 3.05) is 0 Å². The Bertz CT molecular complexity index is 738. The molecule has 0 bridgehead atoms. The molecule has 2 unspecified atom stereocenters. The highest BCUT2D eigenvalue weighted by Gasteiger charge is 2.26. The van der Waals surface area contributed by atoms with E-state index in [9.17, 15) is 9.59 Å². The summed E-state index contributed by atoms with van der Waals surface area (Å²) in [7, 11) is 0. The number of carbonyl (C=O) groups is 2. The van der Waals surface area contributed by atoms with Crippen molar-refractivity contribution >= 4 is 11.9 Å². The molecule has 0 aromatic heterocycles. The number of rotatable bonds is 8. The lowest BCUT2D eigenvalue weighted by molar-refractivity contribution is -0.151. The smallest absolute Gasteiger partial charge is 0.329 e. The molecule has 0 aliphatic heterocycles. The van der Waals surface area contributed by atoms with Crippen LogP contribution in [0.15, 0.2) is 54.6 Å². The second-order valence-corrected chi connectivity index (χ2v) is 7.33. The molecule has 0 heterocycles. The van der Waals surface area contributed by atoms with E-state index >= 15 is 0 Å². The summed E-state index contributed by atoms with van der Waals surface area (Å²) in [5.74, 6) is -0.776. The molecule has 0 saturated carbocycles. The molecule has 2 aromatic rings. The van der Waals surface area contributed by atoms with E-state index in [-0.39, 0.29) is 17.9 Å². The fourth-order valence-corrected chi connectivity index (χ4v) is 2.84. The third kappa shape index (κ3) is 6.89. The summed E-state index contributed by atoms with van der Waals surface area (Å²) in [6.07, 6.45) is 0.815. The van der Waals surface area contributed by atoms with Crippen LogP contribution in [-0.2, 0) is 27.2 Å². The van der Waals surface area contributed by atoms with Crippen LogP contribution in [0.25, 0.3) is 0 Å². The zero-order valence-electron chi connectivity index (χ0n) is 16.6. The van der Waals surface area contributed by atoms with Gasteiger partial charge in [-0.05, 0) is 38.3 Å². The molecule has 1 N–H and O–H groups in total. The van der Waals surface area contributed by atoms with E-state index in [0.29, 0.717) is 12.8 Å². The summed E-state index contributed by atoms with van der Waals surface area (Å²) in [6.45, 7) is 7.50. The lowest BCUT2D eigenvalue weighted by Gasteiger charge is -2.21. The SMILES string of the molecule is Cc1ccc(CC(NC(=O)C(C)Cc2ccccc2)C(=O)OC(C)C)cc1. The maximum Gasteiger partial charge on any atom is 0.329 e. The molecule has 27 heavy (non-hydrogen) atoms. The number of esters is 1. The number of nitrogens with one attached hydrogen (secondary N) is 1. The van der Waals surface area contributed by atoms with Crippen molar-refractivity contribution in [3.8, 4) is 0 Å². The molecule has 0 fully saturated rings. The van der Waals surface area contributed by atoms with E-state index in [1.165, 1.54) is 0 Å². The largest absolute Gasteiger partial charge is 0.461 e. The Kier molecular flexibility index (Phi) is 7.59. The van der Waals surface area contributed by atoms with Crippen molar-refractivity contribution in [1.29, 1.82) is 0 Å². The third-order valence-corrected chi connectivity index (χ3v) is 4.35. The first kappa shape index (κ1) is 20.7. The zero-order chi connectivity index (χ0) is 19.8. The van der Waals surface area contributed by atoms with Crippen LogP contribution < -0.4 is 5.32 Å². The Morgan fingerprint density at radius 2 is 1.48 bits per heavy atom. The lowest BCUT2D eigenvalue weighted by atomic mass is 9.99. The molecule has 4 nitrogen and oxygen atoms in total. The Labute approximate surface area is 161 Å². The van der Waals surface area contributed by atoms with Crippen LogP contribution in [-0.4, -0.2) is 24.0 Å².